The number of nitrogens with two attached hydrogens (primary N) is 2. The summed E-state index contributed by atoms with van der Waals surface area (Å²) in [7, 11) is -3.93. The highest BCUT2D eigenvalue weighted by Gasteiger charge is 2.19. The van der Waals surface area contributed by atoms with Gasteiger partial charge in [-0.05, 0) is 10.3 Å². The fourth-order valence-corrected chi connectivity index (χ4v) is 2.66. The van der Waals surface area contributed by atoms with E-state index in [1.54, 1.807) is 0 Å². The van der Waals surface area contributed by atoms with Gasteiger partial charge in [-0.15, -0.1) is 0 Å². The lowest BCUT2D eigenvalue weighted by Gasteiger charge is -2.12. The molecule has 11 nitrogen and oxygen atoms in total. The molecule has 0 aliphatic carbocycles. The second kappa shape index (κ2) is 6.67. The molecular weight excluding hydrogens is 300 g/mol. The lowest BCUT2D eigenvalue weighted by Crippen LogP contribution is -2.42. The van der Waals surface area contributed by atoms with Gasteiger partial charge < -0.3 is 16.0 Å². The van der Waals surface area contributed by atoms with Gasteiger partial charge in [0.2, 0.25) is 0 Å². The van der Waals surface area contributed by atoms with Crippen molar-refractivity contribution < 1.29 is 23.4 Å². The summed E-state index contributed by atoms with van der Waals surface area (Å²) in [5.41, 5.74) is 5.34. The Morgan fingerprint density at radius 3 is 2.79 bits per heavy atom. The summed E-state index contributed by atoms with van der Waals surface area (Å²) in [6.07, 6.45) is 0. The molecule has 13 heteroatoms. The highest BCUT2D eigenvalue weighted by Crippen LogP contribution is 2.19. The van der Waals surface area contributed by atoms with Crippen molar-refractivity contribution in [2.75, 3.05) is 12.4 Å². The van der Waals surface area contributed by atoms with Crippen molar-refractivity contribution in [1.82, 2.24) is 15.0 Å². The van der Waals surface area contributed by atoms with Crippen LogP contribution in [0, 0.1) is 0 Å². The smallest absolute Gasteiger partial charge is 0.274 e. The normalized spacial score (nSPS) is 14.5. The number of nitrogens with one attached hydrogen (secondary N) is 1. The molecule has 1 atom stereocenters. The van der Waals surface area contributed by atoms with Crippen LogP contribution < -0.4 is 15.6 Å². The standard InChI is InChI=1S/C6H12N6O5S2/c7-5(9-14)4-6(11-17-10-4)18-2-3(1-13)12-19(8,15)16/h3,12-14H,1-2H2,(H2,7,9)(H2,8,15,16)/t3-/m1/s1. The molecule has 0 saturated carbocycles. The Hall–Kier alpha value is -1.41. The van der Waals surface area contributed by atoms with Crippen LogP contribution in [0.5, 0.6) is 0 Å². The van der Waals surface area contributed by atoms with Crippen molar-refractivity contribution in [3.8, 4) is 0 Å². The van der Waals surface area contributed by atoms with Gasteiger partial charge in [0.25, 0.3) is 10.2 Å². The number of amidine groups is 1. The molecule has 0 bridgehead atoms. The summed E-state index contributed by atoms with van der Waals surface area (Å²) in [5.74, 6) is -0.212. The van der Waals surface area contributed by atoms with Crippen LogP contribution in [0.3, 0.4) is 0 Å². The SMILES string of the molecule is N/C(=N\O)c1nonc1SC[C@@H](CO)NS(N)(=O)=O. The Morgan fingerprint density at radius 1 is 1.58 bits per heavy atom. The van der Waals surface area contributed by atoms with Crippen LogP contribution in [0.25, 0.3) is 0 Å². The predicted molar refractivity (Wildman–Crippen MR) is 64.6 cm³/mol. The first-order valence-electron chi connectivity index (χ1n) is 4.71. The molecule has 0 aliphatic heterocycles. The largest absolute Gasteiger partial charge is 0.409 e. The van der Waals surface area contributed by atoms with E-state index in [9.17, 15) is 8.42 Å². The zero-order valence-corrected chi connectivity index (χ0v) is 11.1. The van der Waals surface area contributed by atoms with Gasteiger partial charge >= 0.3 is 0 Å². The number of thioether (sulfide) groups is 1. The molecule has 1 aromatic rings. The molecule has 0 unspecified atom stereocenters. The first-order chi connectivity index (χ1) is 8.87. The molecule has 0 aliphatic rings. The zero-order chi connectivity index (χ0) is 14.5. The maximum atomic E-state index is 10.8. The highest BCUT2D eigenvalue weighted by atomic mass is 32.2. The van der Waals surface area contributed by atoms with Crippen molar-refractivity contribution >= 4 is 27.8 Å². The van der Waals surface area contributed by atoms with Crippen LogP contribution in [0.15, 0.2) is 14.8 Å². The topological polar surface area (TPSA) is 190 Å². The Morgan fingerprint density at radius 2 is 2.26 bits per heavy atom. The number of oxime groups is 1. The van der Waals surface area contributed by atoms with Crippen LogP contribution in [-0.4, -0.2) is 53.3 Å². The molecule has 7 N–H and O–H groups in total. The number of aliphatic hydroxyl groups excluding tert-OH is 1. The average Bonchev–Trinajstić information content (AvgIpc) is 2.80. The number of aromatic nitrogens is 2. The zero-order valence-electron chi connectivity index (χ0n) is 9.42. The summed E-state index contributed by atoms with van der Waals surface area (Å²) in [6.45, 7) is -0.465. The monoisotopic (exact) mass is 312 g/mol. The number of hydrogen-bond acceptors (Lipinski definition) is 9. The molecule has 1 rings (SSSR count). The van der Waals surface area contributed by atoms with Gasteiger partial charge in [0.15, 0.2) is 16.6 Å². The third-order valence-electron chi connectivity index (χ3n) is 1.78. The fourth-order valence-electron chi connectivity index (χ4n) is 1.01. The maximum absolute atomic E-state index is 10.8. The van der Waals surface area contributed by atoms with Gasteiger partial charge in [-0.3, -0.25) is 0 Å². The van der Waals surface area contributed by atoms with Gasteiger partial charge in [0, 0.05) is 5.75 Å². The first-order valence-corrected chi connectivity index (χ1v) is 7.24. The summed E-state index contributed by atoms with van der Waals surface area (Å²) in [6, 6.07) is -0.822. The minimum atomic E-state index is -3.93. The van der Waals surface area contributed by atoms with E-state index < -0.39 is 22.9 Å². The van der Waals surface area contributed by atoms with Crippen molar-refractivity contribution in [1.29, 1.82) is 0 Å². The molecule has 19 heavy (non-hydrogen) atoms. The van der Waals surface area contributed by atoms with Gasteiger partial charge in [-0.2, -0.15) is 13.1 Å². The van der Waals surface area contributed by atoms with Gasteiger partial charge in [-0.25, -0.2) is 9.77 Å². The van der Waals surface area contributed by atoms with Crippen LogP contribution in [0.4, 0.5) is 0 Å². The fraction of sp³-hybridized carbons (Fsp3) is 0.500. The Bertz CT molecular complexity index is 542. The summed E-state index contributed by atoms with van der Waals surface area (Å²) in [4.78, 5) is 0. The molecule has 0 saturated heterocycles. The van der Waals surface area contributed by atoms with Crippen LogP contribution in [-0.2, 0) is 10.2 Å². The summed E-state index contributed by atoms with van der Waals surface area (Å²) in [5, 5.41) is 32.1. The minimum absolute atomic E-state index is 0.0137. The van der Waals surface area contributed by atoms with Crippen LogP contribution in [0.1, 0.15) is 5.69 Å². The molecule has 0 radical (unpaired) electrons. The van der Waals surface area contributed by atoms with E-state index in [4.69, 9.17) is 21.2 Å². The first kappa shape index (κ1) is 15.6. The summed E-state index contributed by atoms with van der Waals surface area (Å²) >= 11 is 0.989. The number of hydrogen-bond donors (Lipinski definition) is 5. The molecular formula is C6H12N6O5S2. The third-order valence-corrected chi connectivity index (χ3v) is 3.55. The lowest BCUT2D eigenvalue weighted by molar-refractivity contribution is 0.267. The predicted octanol–water partition coefficient (Wildman–Crippen LogP) is -2.59. The molecule has 0 aromatic carbocycles. The lowest BCUT2D eigenvalue weighted by atomic mass is 10.4. The van der Waals surface area contributed by atoms with E-state index in [1.165, 1.54) is 0 Å². The van der Waals surface area contributed by atoms with E-state index in [-0.39, 0.29) is 22.3 Å². The average molecular weight is 312 g/mol. The Labute approximate surface area is 112 Å². The Balaban J connectivity index is 2.68. The van der Waals surface area contributed by atoms with E-state index in [1.807, 2.05) is 4.72 Å². The summed E-state index contributed by atoms with van der Waals surface area (Å²) < 4.78 is 28.1. The molecule has 0 spiro atoms. The van der Waals surface area contributed by atoms with Gasteiger partial charge in [0.1, 0.15) is 0 Å². The molecule has 0 amide bonds. The Kier molecular flexibility index (Phi) is 5.49. The van der Waals surface area contributed by atoms with Crippen LogP contribution in [0.2, 0.25) is 0 Å². The number of rotatable bonds is 7. The van der Waals surface area contributed by atoms with E-state index >= 15 is 0 Å². The maximum Gasteiger partial charge on any atom is 0.274 e. The highest BCUT2D eigenvalue weighted by molar-refractivity contribution is 7.99. The number of nitrogens with zero attached hydrogens (tertiary/aromatic N) is 3. The molecule has 108 valence electrons. The van der Waals surface area contributed by atoms with Crippen LogP contribution >= 0.6 is 11.8 Å². The van der Waals surface area contributed by atoms with Crippen molar-refractivity contribution in [3.63, 3.8) is 0 Å². The number of aliphatic hydroxyl groups is 1. The van der Waals surface area contributed by atoms with Crippen molar-refractivity contribution in [2.45, 2.75) is 11.1 Å². The van der Waals surface area contributed by atoms with Gasteiger partial charge in [-0.1, -0.05) is 16.9 Å². The van der Waals surface area contributed by atoms with Crippen molar-refractivity contribution in [3.05, 3.63) is 5.69 Å². The quantitative estimate of drug-likeness (QED) is 0.118. The molecule has 1 heterocycles. The van der Waals surface area contributed by atoms with Crippen molar-refractivity contribution in [2.24, 2.45) is 16.0 Å². The second-order valence-corrected chi connectivity index (χ2v) is 5.59. The molecule has 1 aromatic heterocycles. The van der Waals surface area contributed by atoms with E-state index in [0.717, 1.165) is 11.8 Å². The van der Waals surface area contributed by atoms with E-state index in [0.29, 0.717) is 0 Å². The third kappa shape index (κ3) is 4.99. The van der Waals surface area contributed by atoms with Gasteiger partial charge in [0.05, 0.1) is 12.6 Å². The minimum Gasteiger partial charge on any atom is -0.409 e. The van der Waals surface area contributed by atoms with E-state index in [2.05, 4.69) is 20.1 Å². The molecule has 0 fully saturated rings. The second-order valence-electron chi connectivity index (χ2n) is 3.26.